The Balaban J connectivity index is 1.18. The van der Waals surface area contributed by atoms with Crippen molar-refractivity contribution in [3.63, 3.8) is 0 Å². The molecule has 144 valence electrons. The molecule has 0 aromatic carbocycles. The van der Waals surface area contributed by atoms with Gasteiger partial charge in [0.05, 0.1) is 0 Å². The summed E-state index contributed by atoms with van der Waals surface area (Å²) in [6.45, 7) is 10.4. The van der Waals surface area contributed by atoms with Crippen LogP contribution in [0.3, 0.4) is 0 Å². The van der Waals surface area contributed by atoms with Gasteiger partial charge in [-0.15, -0.1) is 0 Å². The molecule has 0 atom stereocenters. The highest BCUT2D eigenvalue weighted by atomic mass is 16.1. The number of carbonyl (C=O) groups is 1. The summed E-state index contributed by atoms with van der Waals surface area (Å²) in [4.78, 5) is 19.5. The van der Waals surface area contributed by atoms with Gasteiger partial charge in [-0.05, 0) is 50.2 Å². The molecule has 3 fully saturated rings. The minimum atomic E-state index is 0.270. The van der Waals surface area contributed by atoms with Crippen LogP contribution < -0.4 is 5.73 Å². The summed E-state index contributed by atoms with van der Waals surface area (Å²) in [5.41, 5.74) is 8.12. The van der Waals surface area contributed by atoms with E-state index in [-0.39, 0.29) is 5.78 Å². The minimum Gasteiger partial charge on any atom is -0.372 e. The maximum Gasteiger partial charge on any atom is 0.162 e. The van der Waals surface area contributed by atoms with Crippen LogP contribution >= 0.6 is 0 Å². The predicted molar refractivity (Wildman–Crippen MR) is 105 cm³/mol. The Bertz CT molecular complexity index is 577. The van der Waals surface area contributed by atoms with E-state index in [1.807, 2.05) is 6.92 Å². The molecule has 4 rings (SSSR count). The molecule has 0 aromatic rings. The van der Waals surface area contributed by atoms with Crippen molar-refractivity contribution < 1.29 is 4.79 Å². The van der Waals surface area contributed by atoms with Gasteiger partial charge in [0, 0.05) is 70.0 Å². The monoisotopic (exact) mass is 358 g/mol. The lowest BCUT2D eigenvalue weighted by atomic mass is 9.86. The number of piperidine rings is 1. The van der Waals surface area contributed by atoms with E-state index in [4.69, 9.17) is 5.73 Å². The lowest BCUT2D eigenvalue weighted by Crippen LogP contribution is -2.57. The second kappa shape index (κ2) is 7.83. The fraction of sp³-hybridized carbons (Fsp3) is 0.762. The first-order valence-corrected chi connectivity index (χ1v) is 10.5. The molecule has 0 unspecified atom stereocenters. The fourth-order valence-corrected chi connectivity index (χ4v) is 4.92. The first kappa shape index (κ1) is 18.2. The molecule has 5 nitrogen and oxygen atoms in total. The number of hydrogen-bond acceptors (Lipinski definition) is 5. The van der Waals surface area contributed by atoms with Crippen LogP contribution in [0.1, 0.15) is 39.0 Å². The molecule has 1 saturated carbocycles. The highest BCUT2D eigenvalue weighted by Gasteiger charge is 2.33. The SMILES string of the molecule is CC1=CC(N2CCC(CN3CCN(C4CC(N)C4)CC3)CC2)=CCC1=O. The third-order valence-corrected chi connectivity index (χ3v) is 6.87. The maximum atomic E-state index is 11.7. The lowest BCUT2D eigenvalue weighted by molar-refractivity contribution is -0.114. The summed E-state index contributed by atoms with van der Waals surface area (Å²) in [6.07, 6.45) is 9.72. The number of Topliss-reactive ketones (excluding diaryl/α,β-unsaturated/α-hetero) is 1. The van der Waals surface area contributed by atoms with Crippen molar-refractivity contribution in [2.75, 3.05) is 45.8 Å². The third-order valence-electron chi connectivity index (χ3n) is 6.87. The number of allylic oxidation sites excluding steroid dienone is 3. The van der Waals surface area contributed by atoms with Crippen LogP contribution in [-0.4, -0.2) is 78.4 Å². The van der Waals surface area contributed by atoms with E-state index < -0.39 is 0 Å². The van der Waals surface area contributed by atoms with Crippen molar-refractivity contribution >= 4 is 5.78 Å². The molecule has 0 spiro atoms. The highest BCUT2D eigenvalue weighted by Crippen LogP contribution is 2.27. The van der Waals surface area contributed by atoms with Crippen LogP contribution in [0.2, 0.25) is 0 Å². The lowest BCUT2D eigenvalue weighted by Gasteiger charge is -2.46. The quantitative estimate of drug-likeness (QED) is 0.827. The number of nitrogens with zero attached hydrogens (tertiary/aromatic N) is 3. The molecular formula is C21H34N4O. The standard InChI is InChI=1S/C21H34N4O/c1-16-12-19(2-3-21(16)26)24-6-4-17(5-7-24)15-23-8-10-25(11-9-23)20-13-18(22)14-20/h2,12,17-18,20H,3-11,13-15,22H2,1H3. The average molecular weight is 359 g/mol. The number of nitrogens with two attached hydrogens (primary N) is 1. The summed E-state index contributed by atoms with van der Waals surface area (Å²) in [5, 5.41) is 0. The number of hydrogen-bond donors (Lipinski definition) is 1. The maximum absolute atomic E-state index is 11.7. The van der Waals surface area contributed by atoms with Crippen LogP contribution in [0.4, 0.5) is 0 Å². The Morgan fingerprint density at radius 1 is 1.08 bits per heavy atom. The summed E-state index contributed by atoms with van der Waals surface area (Å²) in [6, 6.07) is 1.22. The second-order valence-electron chi connectivity index (χ2n) is 8.74. The van der Waals surface area contributed by atoms with Gasteiger partial charge >= 0.3 is 0 Å². The molecule has 26 heavy (non-hydrogen) atoms. The molecule has 2 heterocycles. The van der Waals surface area contributed by atoms with Gasteiger partial charge in [-0.25, -0.2) is 0 Å². The zero-order valence-corrected chi connectivity index (χ0v) is 16.2. The Hall–Kier alpha value is -1.17. The van der Waals surface area contributed by atoms with Crippen LogP contribution in [0, 0.1) is 5.92 Å². The van der Waals surface area contributed by atoms with E-state index >= 15 is 0 Å². The van der Waals surface area contributed by atoms with Gasteiger partial charge in [-0.3, -0.25) is 9.69 Å². The highest BCUT2D eigenvalue weighted by molar-refractivity contribution is 5.97. The predicted octanol–water partition coefficient (Wildman–Crippen LogP) is 1.61. The molecular weight excluding hydrogens is 324 g/mol. The second-order valence-corrected chi connectivity index (χ2v) is 8.74. The molecule has 2 aliphatic carbocycles. The van der Waals surface area contributed by atoms with Crippen molar-refractivity contribution in [3.05, 3.63) is 23.4 Å². The molecule has 0 amide bonds. The zero-order valence-electron chi connectivity index (χ0n) is 16.2. The molecule has 0 radical (unpaired) electrons. The Kier molecular flexibility index (Phi) is 5.48. The normalized spacial score (nSPS) is 32.2. The summed E-state index contributed by atoms with van der Waals surface area (Å²) >= 11 is 0. The topological polar surface area (TPSA) is 52.8 Å². The molecule has 4 aliphatic rings. The molecule has 0 bridgehead atoms. The van der Waals surface area contributed by atoms with Gasteiger partial charge in [0.25, 0.3) is 0 Å². The average Bonchev–Trinajstić information content (AvgIpc) is 2.63. The summed E-state index contributed by atoms with van der Waals surface area (Å²) < 4.78 is 0. The van der Waals surface area contributed by atoms with Crippen molar-refractivity contribution in [2.45, 2.75) is 51.1 Å². The van der Waals surface area contributed by atoms with E-state index in [0.717, 1.165) is 30.6 Å². The molecule has 2 aliphatic heterocycles. The summed E-state index contributed by atoms with van der Waals surface area (Å²) in [7, 11) is 0. The summed E-state index contributed by atoms with van der Waals surface area (Å²) in [5.74, 6) is 1.09. The van der Waals surface area contributed by atoms with E-state index in [1.165, 1.54) is 64.1 Å². The minimum absolute atomic E-state index is 0.270. The van der Waals surface area contributed by atoms with E-state index in [0.29, 0.717) is 12.5 Å². The van der Waals surface area contributed by atoms with Gasteiger partial charge < -0.3 is 15.5 Å². The van der Waals surface area contributed by atoms with Gasteiger partial charge in [0.1, 0.15) is 0 Å². The molecule has 0 aromatic heterocycles. The van der Waals surface area contributed by atoms with Crippen LogP contribution in [0.15, 0.2) is 23.4 Å². The fourth-order valence-electron chi connectivity index (χ4n) is 4.92. The Morgan fingerprint density at radius 2 is 1.77 bits per heavy atom. The van der Waals surface area contributed by atoms with Crippen LogP contribution in [-0.2, 0) is 4.79 Å². The number of rotatable bonds is 4. The van der Waals surface area contributed by atoms with Crippen molar-refractivity contribution in [1.29, 1.82) is 0 Å². The zero-order chi connectivity index (χ0) is 18.1. The number of carbonyl (C=O) groups excluding carboxylic acids is 1. The van der Waals surface area contributed by atoms with Crippen molar-refractivity contribution in [3.8, 4) is 0 Å². The van der Waals surface area contributed by atoms with Crippen LogP contribution in [0.25, 0.3) is 0 Å². The Morgan fingerprint density at radius 3 is 2.38 bits per heavy atom. The van der Waals surface area contributed by atoms with E-state index in [1.54, 1.807) is 0 Å². The van der Waals surface area contributed by atoms with Gasteiger partial charge in [0.2, 0.25) is 0 Å². The van der Waals surface area contributed by atoms with Crippen molar-refractivity contribution in [2.24, 2.45) is 11.7 Å². The number of likely N-dealkylation sites (tertiary alicyclic amines) is 1. The van der Waals surface area contributed by atoms with Crippen molar-refractivity contribution in [1.82, 2.24) is 14.7 Å². The molecule has 5 heteroatoms. The van der Waals surface area contributed by atoms with Gasteiger partial charge in [-0.2, -0.15) is 0 Å². The smallest absolute Gasteiger partial charge is 0.162 e. The first-order valence-electron chi connectivity index (χ1n) is 10.5. The Labute approximate surface area is 157 Å². The first-order chi connectivity index (χ1) is 12.6. The largest absolute Gasteiger partial charge is 0.372 e. The number of piperazine rings is 1. The van der Waals surface area contributed by atoms with Crippen LogP contribution in [0.5, 0.6) is 0 Å². The number of ketones is 1. The van der Waals surface area contributed by atoms with Gasteiger partial charge in [0.15, 0.2) is 5.78 Å². The van der Waals surface area contributed by atoms with Gasteiger partial charge in [-0.1, -0.05) is 6.08 Å². The van der Waals surface area contributed by atoms with E-state index in [9.17, 15) is 4.79 Å². The third kappa shape index (κ3) is 4.05. The molecule has 2 N–H and O–H groups in total. The van der Waals surface area contributed by atoms with E-state index in [2.05, 4.69) is 26.9 Å². The molecule has 2 saturated heterocycles.